The van der Waals surface area contributed by atoms with Crippen molar-refractivity contribution >= 4 is 0 Å². The highest BCUT2D eigenvalue weighted by Gasteiger charge is 2.46. The van der Waals surface area contributed by atoms with Gasteiger partial charge in [-0.25, -0.2) is 0 Å². The lowest BCUT2D eigenvalue weighted by Gasteiger charge is -2.45. The van der Waals surface area contributed by atoms with E-state index in [4.69, 9.17) is 28.4 Å². The van der Waals surface area contributed by atoms with Crippen molar-refractivity contribution in [3.8, 4) is 0 Å². The van der Waals surface area contributed by atoms with Crippen LogP contribution in [-0.2, 0) is 48.2 Å². The van der Waals surface area contributed by atoms with Crippen LogP contribution in [0, 0.1) is 0 Å². The topological polar surface area (TPSA) is 75.6 Å². The van der Waals surface area contributed by atoms with E-state index in [1.807, 2.05) is 91.0 Å². The first-order chi connectivity index (χ1) is 19.2. The lowest BCUT2D eigenvalue weighted by atomic mass is 9.92. The summed E-state index contributed by atoms with van der Waals surface area (Å²) < 4.78 is 36.1. The van der Waals surface area contributed by atoms with E-state index in [2.05, 4.69) is 0 Å². The number of hydrogen-bond donors (Lipinski definition) is 1. The second-order valence-electron chi connectivity index (χ2n) is 9.71. The van der Waals surface area contributed by atoms with Crippen LogP contribution in [0.15, 0.2) is 91.0 Å². The van der Waals surface area contributed by atoms with E-state index in [9.17, 15) is 5.11 Å². The molecule has 1 heterocycles. The van der Waals surface area contributed by atoms with Crippen molar-refractivity contribution in [2.45, 2.75) is 69.5 Å². The molecule has 0 radical (unpaired) electrons. The van der Waals surface area contributed by atoms with E-state index < -0.39 is 30.5 Å². The van der Waals surface area contributed by atoms with Gasteiger partial charge in [0.2, 0.25) is 0 Å². The summed E-state index contributed by atoms with van der Waals surface area (Å²) in [5, 5.41) is 11.5. The summed E-state index contributed by atoms with van der Waals surface area (Å²) >= 11 is 0. The fourth-order valence-corrected chi connectivity index (χ4v) is 4.80. The molecule has 4 rings (SSSR count). The second kappa shape index (κ2) is 15.8. The largest absolute Gasteiger partial charge is 0.388 e. The van der Waals surface area contributed by atoms with Crippen LogP contribution in [0.1, 0.15) is 29.5 Å². The van der Waals surface area contributed by atoms with Crippen molar-refractivity contribution in [3.63, 3.8) is 0 Å². The lowest BCUT2D eigenvalue weighted by molar-refractivity contribution is -0.264. The molecule has 3 aromatic carbocycles. The van der Waals surface area contributed by atoms with E-state index in [1.165, 1.54) is 0 Å². The average Bonchev–Trinajstić information content (AvgIpc) is 2.99. The SMILES string of the molecule is COC(CC[C@@H]1O[C@H](COCc2ccccc2)[C@@H](OCc2ccccc2)[C@H](OCc2ccccc2)[C@H]1O)OC. The number of aliphatic hydroxyl groups is 1. The zero-order valence-electron chi connectivity index (χ0n) is 22.8. The van der Waals surface area contributed by atoms with E-state index in [1.54, 1.807) is 14.2 Å². The highest BCUT2D eigenvalue weighted by atomic mass is 16.7. The summed E-state index contributed by atoms with van der Waals surface area (Å²) in [5.74, 6) is 0. The fourth-order valence-electron chi connectivity index (χ4n) is 4.80. The molecule has 0 amide bonds. The van der Waals surface area contributed by atoms with Crippen molar-refractivity contribution in [2.75, 3.05) is 20.8 Å². The Kier molecular flexibility index (Phi) is 11.9. The Labute approximate surface area is 231 Å². The Morgan fingerprint density at radius 3 is 1.67 bits per heavy atom. The highest BCUT2D eigenvalue weighted by molar-refractivity contribution is 5.15. The molecule has 7 nitrogen and oxygen atoms in total. The summed E-state index contributed by atoms with van der Waals surface area (Å²) in [6.07, 6.45) is -2.32. The van der Waals surface area contributed by atoms with Crippen molar-refractivity contribution in [2.24, 2.45) is 0 Å². The quantitative estimate of drug-likeness (QED) is 0.277. The van der Waals surface area contributed by atoms with Gasteiger partial charge in [-0.3, -0.25) is 0 Å². The van der Waals surface area contributed by atoms with Crippen LogP contribution in [-0.4, -0.2) is 62.7 Å². The van der Waals surface area contributed by atoms with Gasteiger partial charge >= 0.3 is 0 Å². The van der Waals surface area contributed by atoms with Gasteiger partial charge in [0.25, 0.3) is 0 Å². The Balaban J connectivity index is 1.52. The van der Waals surface area contributed by atoms with Crippen LogP contribution in [0.4, 0.5) is 0 Å². The van der Waals surface area contributed by atoms with Gasteiger partial charge in [0, 0.05) is 20.6 Å². The van der Waals surface area contributed by atoms with Gasteiger partial charge in [0.15, 0.2) is 6.29 Å². The molecule has 0 spiro atoms. The molecule has 0 unspecified atom stereocenters. The monoisotopic (exact) mass is 536 g/mol. The number of aliphatic hydroxyl groups excluding tert-OH is 1. The third-order valence-electron chi connectivity index (χ3n) is 6.93. The Morgan fingerprint density at radius 2 is 1.15 bits per heavy atom. The van der Waals surface area contributed by atoms with Crippen molar-refractivity contribution in [1.82, 2.24) is 0 Å². The molecule has 0 saturated carbocycles. The van der Waals surface area contributed by atoms with Crippen LogP contribution in [0.2, 0.25) is 0 Å². The summed E-state index contributed by atoms with van der Waals surface area (Å²) in [5.41, 5.74) is 3.12. The lowest BCUT2D eigenvalue weighted by Crippen LogP contribution is -2.60. The predicted octanol–water partition coefficient (Wildman–Crippen LogP) is 4.90. The summed E-state index contributed by atoms with van der Waals surface area (Å²) in [7, 11) is 3.21. The molecule has 7 heteroatoms. The molecule has 1 fully saturated rings. The van der Waals surface area contributed by atoms with Gasteiger partial charge in [0.1, 0.15) is 24.4 Å². The molecular weight excluding hydrogens is 496 g/mol. The number of rotatable bonds is 15. The molecule has 1 aliphatic rings. The van der Waals surface area contributed by atoms with Crippen LogP contribution in [0.3, 0.4) is 0 Å². The number of hydrogen-bond acceptors (Lipinski definition) is 7. The summed E-state index contributed by atoms with van der Waals surface area (Å²) in [4.78, 5) is 0. The Morgan fingerprint density at radius 1 is 0.667 bits per heavy atom. The maximum atomic E-state index is 11.5. The van der Waals surface area contributed by atoms with Gasteiger partial charge in [-0.15, -0.1) is 0 Å². The molecule has 0 aliphatic carbocycles. The van der Waals surface area contributed by atoms with Crippen molar-refractivity contribution in [1.29, 1.82) is 0 Å². The normalized spacial score (nSPS) is 23.2. The van der Waals surface area contributed by atoms with Crippen LogP contribution < -0.4 is 0 Å². The molecule has 1 saturated heterocycles. The zero-order chi connectivity index (χ0) is 27.3. The van der Waals surface area contributed by atoms with Crippen LogP contribution >= 0.6 is 0 Å². The van der Waals surface area contributed by atoms with Crippen LogP contribution in [0.25, 0.3) is 0 Å². The molecule has 210 valence electrons. The predicted molar refractivity (Wildman–Crippen MR) is 148 cm³/mol. The average molecular weight is 537 g/mol. The highest BCUT2D eigenvalue weighted by Crippen LogP contribution is 2.31. The molecule has 5 atom stereocenters. The van der Waals surface area contributed by atoms with Crippen molar-refractivity contribution in [3.05, 3.63) is 108 Å². The standard InChI is InChI=1S/C32H40O7/c1-34-29(35-2)19-18-27-30(33)32(38-22-26-16-10-5-11-17-26)31(37-21-25-14-8-4-9-15-25)28(39-27)23-36-20-24-12-6-3-7-13-24/h3-17,27-33H,18-23H2,1-2H3/t27-,28+,30-,31+,32+/m0/s1. The molecule has 1 N–H and O–H groups in total. The van der Waals surface area contributed by atoms with Gasteiger partial charge in [-0.2, -0.15) is 0 Å². The maximum Gasteiger partial charge on any atom is 0.156 e. The zero-order valence-corrected chi connectivity index (χ0v) is 22.8. The molecular formula is C32H40O7. The third-order valence-corrected chi connectivity index (χ3v) is 6.93. The van der Waals surface area contributed by atoms with E-state index >= 15 is 0 Å². The molecule has 39 heavy (non-hydrogen) atoms. The van der Waals surface area contributed by atoms with E-state index in [0.29, 0.717) is 39.3 Å². The summed E-state index contributed by atoms with van der Waals surface area (Å²) in [6.45, 7) is 1.45. The number of methoxy groups -OCH3 is 2. The van der Waals surface area contributed by atoms with Gasteiger partial charge in [0.05, 0.1) is 32.5 Å². The number of benzene rings is 3. The van der Waals surface area contributed by atoms with Crippen LogP contribution in [0.5, 0.6) is 0 Å². The Bertz CT molecular complexity index is 1050. The summed E-state index contributed by atoms with van der Waals surface area (Å²) in [6, 6.07) is 29.9. The smallest absolute Gasteiger partial charge is 0.156 e. The fraction of sp³-hybridized carbons (Fsp3) is 0.438. The van der Waals surface area contributed by atoms with Gasteiger partial charge < -0.3 is 33.5 Å². The second-order valence-corrected chi connectivity index (χ2v) is 9.71. The first-order valence-electron chi connectivity index (χ1n) is 13.5. The Hall–Kier alpha value is -2.62. The third kappa shape index (κ3) is 8.95. The minimum atomic E-state index is -0.908. The number of ether oxygens (including phenoxy) is 6. The molecule has 0 aromatic heterocycles. The van der Waals surface area contributed by atoms with Gasteiger partial charge in [-0.05, 0) is 23.1 Å². The first kappa shape index (κ1) is 29.4. The minimum absolute atomic E-state index is 0.292. The first-order valence-corrected chi connectivity index (χ1v) is 13.5. The van der Waals surface area contributed by atoms with Crippen molar-refractivity contribution < 1.29 is 33.5 Å². The van der Waals surface area contributed by atoms with Gasteiger partial charge in [-0.1, -0.05) is 91.0 Å². The minimum Gasteiger partial charge on any atom is -0.388 e. The maximum absolute atomic E-state index is 11.5. The molecule has 3 aromatic rings. The van der Waals surface area contributed by atoms with E-state index in [-0.39, 0.29) is 6.29 Å². The molecule has 0 bridgehead atoms. The van der Waals surface area contributed by atoms with E-state index in [0.717, 1.165) is 16.7 Å². The molecule has 1 aliphatic heterocycles.